The Kier molecular flexibility index (Phi) is 8.01. The molecule has 17 heavy (non-hydrogen) atoms. The molecule has 1 unspecified atom stereocenters. The third-order valence-electron chi connectivity index (χ3n) is 2.07. The zero-order chi connectivity index (χ0) is 13.5. The number of methoxy groups -OCH3 is 1. The van der Waals surface area contributed by atoms with Crippen LogP contribution in [-0.4, -0.2) is 73.8 Å². The molecule has 8 heteroatoms. The Morgan fingerprint density at radius 2 is 1.82 bits per heavy atom. The lowest BCUT2D eigenvalue weighted by Crippen LogP contribution is -2.41. The Morgan fingerprint density at radius 3 is 2.12 bits per heavy atom. The van der Waals surface area contributed by atoms with Crippen molar-refractivity contribution in [1.82, 2.24) is 4.90 Å². The lowest BCUT2D eigenvalue weighted by Gasteiger charge is -2.41. The zero-order valence-electron chi connectivity index (χ0n) is 10.1. The number of hydrogen-bond donors (Lipinski definition) is 4. The molecule has 0 radical (unpaired) electrons. The minimum absolute atomic E-state index is 0.139. The summed E-state index contributed by atoms with van der Waals surface area (Å²) in [6, 6.07) is 0. The number of ether oxygens (including phenoxy) is 1. The maximum atomic E-state index is 9.27. The van der Waals surface area contributed by atoms with Crippen LogP contribution in [0.5, 0.6) is 0 Å². The van der Waals surface area contributed by atoms with Gasteiger partial charge in [-0.15, -0.1) is 0 Å². The zero-order valence-corrected chi connectivity index (χ0v) is 11.7. The topological polar surface area (TPSA) is 93.4 Å². The minimum atomic E-state index is -2.31. The van der Waals surface area contributed by atoms with Crippen molar-refractivity contribution < 1.29 is 24.1 Å². The summed E-state index contributed by atoms with van der Waals surface area (Å²) < 4.78 is 23.4. The summed E-state index contributed by atoms with van der Waals surface area (Å²) in [6.07, 6.45) is -0.560. The molecular weight excluding hydrogens is 266 g/mol. The third kappa shape index (κ3) is 7.74. The number of aliphatic hydroxyl groups is 2. The second kappa shape index (κ2) is 8.06. The summed E-state index contributed by atoms with van der Waals surface area (Å²) >= 11 is 4.90. The summed E-state index contributed by atoms with van der Waals surface area (Å²) in [5.74, 6) is 0.799. The number of hydrogen-bond acceptors (Lipinski definition) is 6. The van der Waals surface area contributed by atoms with Crippen molar-refractivity contribution in [3.8, 4) is 0 Å². The fraction of sp³-hybridized carbons (Fsp3) is 0.889. The first-order valence-corrected chi connectivity index (χ1v) is 7.47. The van der Waals surface area contributed by atoms with Gasteiger partial charge in [-0.25, -0.2) is 0 Å². The maximum Gasteiger partial charge on any atom is 0.259 e. The predicted octanol–water partition coefficient (Wildman–Crippen LogP) is 0.343. The van der Waals surface area contributed by atoms with Gasteiger partial charge in [0.2, 0.25) is 0 Å². The number of thiocarbonyl (C=S) groups is 1. The van der Waals surface area contributed by atoms with Crippen molar-refractivity contribution >= 4 is 28.0 Å². The quantitative estimate of drug-likeness (QED) is 0.517. The van der Waals surface area contributed by atoms with Crippen LogP contribution >= 0.6 is 22.8 Å². The highest BCUT2D eigenvalue weighted by Crippen LogP contribution is 2.40. The Hall–Kier alpha value is -0.120. The molecule has 1 atom stereocenters. The number of aliphatic hydroxyl groups excluding tert-OH is 2. The predicted molar refractivity (Wildman–Crippen MR) is 72.5 cm³/mol. The molecule has 0 aromatic carbocycles. The molecule has 1 saturated heterocycles. The SMILES string of the molecule is CC(O)CO.COC(=S)N1CCS(O)(O)CC1. The van der Waals surface area contributed by atoms with Crippen LogP contribution in [0.1, 0.15) is 6.92 Å². The fourth-order valence-corrected chi connectivity index (χ4v) is 2.45. The highest BCUT2D eigenvalue weighted by molar-refractivity contribution is 8.24. The molecule has 0 amide bonds. The van der Waals surface area contributed by atoms with Crippen molar-refractivity contribution in [2.24, 2.45) is 0 Å². The van der Waals surface area contributed by atoms with Crippen molar-refractivity contribution in [1.29, 1.82) is 0 Å². The molecule has 0 aliphatic carbocycles. The van der Waals surface area contributed by atoms with E-state index in [-0.39, 0.29) is 6.61 Å². The van der Waals surface area contributed by atoms with Gasteiger partial charge in [-0.3, -0.25) is 9.11 Å². The molecule has 1 aliphatic rings. The second-order valence-corrected chi connectivity index (χ2v) is 6.47. The first-order chi connectivity index (χ1) is 7.82. The van der Waals surface area contributed by atoms with Crippen LogP contribution in [0.2, 0.25) is 0 Å². The smallest absolute Gasteiger partial charge is 0.259 e. The molecule has 104 valence electrons. The van der Waals surface area contributed by atoms with E-state index < -0.39 is 16.7 Å². The first-order valence-electron chi connectivity index (χ1n) is 5.18. The first kappa shape index (κ1) is 16.9. The van der Waals surface area contributed by atoms with Gasteiger partial charge in [0.05, 0.1) is 31.3 Å². The molecule has 1 fully saturated rings. The van der Waals surface area contributed by atoms with Gasteiger partial charge in [0.25, 0.3) is 5.17 Å². The van der Waals surface area contributed by atoms with Crippen LogP contribution in [0.3, 0.4) is 0 Å². The van der Waals surface area contributed by atoms with E-state index >= 15 is 0 Å². The molecule has 0 saturated carbocycles. The van der Waals surface area contributed by atoms with Crippen LogP contribution in [0.15, 0.2) is 0 Å². The molecule has 0 spiro atoms. The summed E-state index contributed by atoms with van der Waals surface area (Å²) in [6.45, 7) is 2.55. The van der Waals surface area contributed by atoms with Crippen LogP contribution in [0.4, 0.5) is 0 Å². The van der Waals surface area contributed by atoms with Gasteiger partial charge in [0.1, 0.15) is 0 Å². The van der Waals surface area contributed by atoms with E-state index in [0.717, 1.165) is 0 Å². The third-order valence-corrected chi connectivity index (χ3v) is 4.17. The van der Waals surface area contributed by atoms with Gasteiger partial charge in [0.15, 0.2) is 0 Å². The van der Waals surface area contributed by atoms with Gasteiger partial charge in [-0.05, 0) is 19.1 Å². The van der Waals surface area contributed by atoms with Gasteiger partial charge in [-0.1, -0.05) is 0 Å². The molecule has 0 aromatic rings. The summed E-state index contributed by atoms with van der Waals surface area (Å²) in [5.41, 5.74) is 0. The Morgan fingerprint density at radius 1 is 1.41 bits per heavy atom. The van der Waals surface area contributed by atoms with Gasteiger partial charge in [-0.2, -0.15) is 10.6 Å². The van der Waals surface area contributed by atoms with Crippen molar-refractivity contribution in [3.05, 3.63) is 0 Å². The highest BCUT2D eigenvalue weighted by atomic mass is 32.3. The van der Waals surface area contributed by atoms with E-state index in [1.165, 1.54) is 14.0 Å². The Balaban J connectivity index is 0.000000437. The normalized spacial score (nSPS) is 21.9. The van der Waals surface area contributed by atoms with Gasteiger partial charge >= 0.3 is 0 Å². The maximum absolute atomic E-state index is 9.27. The van der Waals surface area contributed by atoms with E-state index in [1.807, 2.05) is 4.90 Å². The molecule has 6 nitrogen and oxygen atoms in total. The molecule has 0 bridgehead atoms. The Bertz CT molecular complexity index is 227. The van der Waals surface area contributed by atoms with E-state index in [0.29, 0.717) is 29.8 Å². The second-order valence-electron chi connectivity index (χ2n) is 3.70. The lowest BCUT2D eigenvalue weighted by molar-refractivity contribution is 0.110. The van der Waals surface area contributed by atoms with Crippen LogP contribution in [0, 0.1) is 0 Å². The largest absolute Gasteiger partial charge is 0.474 e. The highest BCUT2D eigenvalue weighted by Gasteiger charge is 2.23. The van der Waals surface area contributed by atoms with Gasteiger partial charge in [0, 0.05) is 13.1 Å². The monoisotopic (exact) mass is 287 g/mol. The van der Waals surface area contributed by atoms with E-state index in [2.05, 4.69) is 0 Å². The summed E-state index contributed by atoms with van der Waals surface area (Å²) in [4.78, 5) is 1.84. The average Bonchev–Trinajstić information content (AvgIpc) is 2.29. The lowest BCUT2D eigenvalue weighted by atomic mass is 10.5. The molecular formula is C9H21NO5S2. The molecule has 1 aliphatic heterocycles. The van der Waals surface area contributed by atoms with Gasteiger partial charge < -0.3 is 19.8 Å². The van der Waals surface area contributed by atoms with Crippen molar-refractivity contribution in [2.45, 2.75) is 13.0 Å². The molecule has 0 aromatic heterocycles. The molecule has 4 N–H and O–H groups in total. The summed E-state index contributed by atoms with van der Waals surface area (Å²) in [5, 5.41) is 16.4. The van der Waals surface area contributed by atoms with Crippen LogP contribution in [-0.2, 0) is 4.74 Å². The molecule has 1 heterocycles. The van der Waals surface area contributed by atoms with Crippen LogP contribution in [0.25, 0.3) is 0 Å². The Labute approximate surface area is 109 Å². The molecule has 1 rings (SSSR count). The van der Waals surface area contributed by atoms with Crippen LogP contribution < -0.4 is 0 Å². The summed E-state index contributed by atoms with van der Waals surface area (Å²) in [7, 11) is -0.792. The minimum Gasteiger partial charge on any atom is -0.474 e. The standard InChI is InChI=1S/C6H13NO3S2.C3H8O2/c1-10-6(11)7-2-4-12(8,9)5-3-7;1-3(5)2-4/h8-9H,2-5H2,1H3;3-5H,2H2,1H3. The van der Waals surface area contributed by atoms with E-state index in [1.54, 1.807) is 0 Å². The van der Waals surface area contributed by atoms with E-state index in [9.17, 15) is 9.11 Å². The van der Waals surface area contributed by atoms with Crippen molar-refractivity contribution in [3.63, 3.8) is 0 Å². The van der Waals surface area contributed by atoms with Crippen molar-refractivity contribution in [2.75, 3.05) is 38.3 Å². The van der Waals surface area contributed by atoms with E-state index in [4.69, 9.17) is 27.2 Å². The number of rotatable bonds is 1. The number of nitrogens with zero attached hydrogens (tertiary/aromatic N) is 1. The fourth-order valence-electron chi connectivity index (χ4n) is 1.04. The average molecular weight is 287 g/mol.